The highest BCUT2D eigenvalue weighted by Gasteiger charge is 2.44. The van der Waals surface area contributed by atoms with Gasteiger partial charge in [0.05, 0.1) is 6.54 Å². The molecule has 2 aromatic rings. The Bertz CT molecular complexity index is 594. The standard InChI is InChI=1S/C17H20N2O2S/c20-16(18-9-10-21-15-4-2-1-3-5-15)19-13-17(7-8-17)14-6-11-22-12-14/h1-6,11-12H,7-10,13H2,(H2,18,19,20). The maximum absolute atomic E-state index is 11.8. The highest BCUT2D eigenvalue weighted by molar-refractivity contribution is 7.08. The molecule has 1 aliphatic carbocycles. The van der Waals surface area contributed by atoms with E-state index in [2.05, 4.69) is 27.5 Å². The van der Waals surface area contributed by atoms with Gasteiger partial charge in [-0.25, -0.2) is 4.79 Å². The minimum absolute atomic E-state index is 0.127. The Kier molecular flexibility index (Phi) is 4.63. The number of carbonyl (C=O) groups is 1. The summed E-state index contributed by atoms with van der Waals surface area (Å²) < 4.78 is 5.53. The minimum atomic E-state index is -0.127. The van der Waals surface area contributed by atoms with Crippen molar-refractivity contribution >= 4 is 17.4 Å². The Morgan fingerprint density at radius 2 is 2.00 bits per heavy atom. The van der Waals surface area contributed by atoms with Crippen LogP contribution in [-0.4, -0.2) is 25.7 Å². The monoisotopic (exact) mass is 316 g/mol. The van der Waals surface area contributed by atoms with Gasteiger partial charge >= 0.3 is 6.03 Å². The third kappa shape index (κ3) is 3.80. The van der Waals surface area contributed by atoms with Crippen LogP contribution < -0.4 is 15.4 Å². The minimum Gasteiger partial charge on any atom is -0.492 e. The molecule has 1 aromatic carbocycles. The van der Waals surface area contributed by atoms with Gasteiger partial charge in [0.25, 0.3) is 0 Å². The summed E-state index contributed by atoms with van der Waals surface area (Å²) in [6, 6.07) is 11.6. The zero-order valence-corrected chi connectivity index (χ0v) is 13.2. The van der Waals surface area contributed by atoms with Crippen molar-refractivity contribution in [1.82, 2.24) is 10.6 Å². The van der Waals surface area contributed by atoms with Crippen LogP contribution >= 0.6 is 11.3 Å². The second-order valence-corrected chi connectivity index (χ2v) is 6.34. The Morgan fingerprint density at radius 1 is 1.18 bits per heavy atom. The average molecular weight is 316 g/mol. The molecule has 0 saturated heterocycles. The molecule has 1 heterocycles. The van der Waals surface area contributed by atoms with Crippen LogP contribution in [0.5, 0.6) is 5.75 Å². The van der Waals surface area contributed by atoms with Crippen molar-refractivity contribution in [2.24, 2.45) is 0 Å². The molecule has 0 bridgehead atoms. The van der Waals surface area contributed by atoms with E-state index in [1.165, 1.54) is 5.56 Å². The number of ether oxygens (including phenoxy) is 1. The van der Waals surface area contributed by atoms with Gasteiger partial charge in [-0.15, -0.1) is 0 Å². The van der Waals surface area contributed by atoms with Crippen molar-refractivity contribution in [2.75, 3.05) is 19.7 Å². The predicted molar refractivity (Wildman–Crippen MR) is 88.6 cm³/mol. The number of nitrogens with one attached hydrogen (secondary N) is 2. The van der Waals surface area contributed by atoms with Crippen molar-refractivity contribution in [1.29, 1.82) is 0 Å². The van der Waals surface area contributed by atoms with Gasteiger partial charge in [-0.3, -0.25) is 0 Å². The predicted octanol–water partition coefficient (Wildman–Crippen LogP) is 3.16. The molecule has 22 heavy (non-hydrogen) atoms. The first-order chi connectivity index (χ1) is 10.8. The number of hydrogen-bond donors (Lipinski definition) is 2. The van der Waals surface area contributed by atoms with Crippen LogP contribution in [0, 0.1) is 0 Å². The van der Waals surface area contributed by atoms with E-state index >= 15 is 0 Å². The molecule has 5 heteroatoms. The molecule has 1 aliphatic rings. The molecule has 0 aliphatic heterocycles. The van der Waals surface area contributed by atoms with E-state index in [-0.39, 0.29) is 11.4 Å². The van der Waals surface area contributed by atoms with Crippen LogP contribution in [0.1, 0.15) is 18.4 Å². The maximum atomic E-state index is 11.8. The Balaban J connectivity index is 1.33. The zero-order chi connectivity index (χ0) is 15.3. The number of hydrogen-bond acceptors (Lipinski definition) is 3. The normalized spacial score (nSPS) is 15.1. The zero-order valence-electron chi connectivity index (χ0n) is 12.4. The first-order valence-electron chi connectivity index (χ1n) is 7.51. The lowest BCUT2D eigenvalue weighted by molar-refractivity contribution is 0.235. The second kappa shape index (κ2) is 6.83. The van der Waals surface area contributed by atoms with Crippen molar-refractivity contribution in [3.63, 3.8) is 0 Å². The lowest BCUT2D eigenvalue weighted by atomic mass is 9.99. The molecular formula is C17H20N2O2S. The molecular weight excluding hydrogens is 296 g/mol. The van der Waals surface area contributed by atoms with Crippen LogP contribution in [0.2, 0.25) is 0 Å². The van der Waals surface area contributed by atoms with E-state index in [0.717, 1.165) is 18.6 Å². The van der Waals surface area contributed by atoms with Gasteiger partial charge in [-0.2, -0.15) is 11.3 Å². The highest BCUT2D eigenvalue weighted by atomic mass is 32.1. The van der Waals surface area contributed by atoms with E-state index in [1.54, 1.807) is 11.3 Å². The van der Waals surface area contributed by atoms with Crippen molar-refractivity contribution in [3.8, 4) is 5.75 Å². The van der Waals surface area contributed by atoms with Gasteiger partial charge in [0.1, 0.15) is 12.4 Å². The second-order valence-electron chi connectivity index (χ2n) is 5.56. The van der Waals surface area contributed by atoms with E-state index in [4.69, 9.17) is 4.74 Å². The molecule has 4 nitrogen and oxygen atoms in total. The van der Waals surface area contributed by atoms with Crippen molar-refractivity contribution < 1.29 is 9.53 Å². The number of rotatable bonds is 7. The smallest absolute Gasteiger partial charge is 0.314 e. The number of para-hydroxylation sites is 1. The SMILES string of the molecule is O=C(NCCOc1ccccc1)NCC1(c2ccsc2)CC1. The average Bonchev–Trinajstić information content (AvgIpc) is 3.13. The maximum Gasteiger partial charge on any atom is 0.314 e. The molecule has 1 saturated carbocycles. The summed E-state index contributed by atoms with van der Waals surface area (Å²) in [5.74, 6) is 0.819. The summed E-state index contributed by atoms with van der Waals surface area (Å²) in [6.07, 6.45) is 2.31. The molecule has 0 unspecified atom stereocenters. The topological polar surface area (TPSA) is 50.4 Å². The van der Waals surface area contributed by atoms with E-state index in [0.29, 0.717) is 19.7 Å². The Labute approximate surface area is 134 Å². The summed E-state index contributed by atoms with van der Waals surface area (Å²) in [7, 11) is 0. The lowest BCUT2D eigenvalue weighted by Gasteiger charge is -2.15. The van der Waals surface area contributed by atoms with E-state index in [9.17, 15) is 4.79 Å². The largest absolute Gasteiger partial charge is 0.492 e. The van der Waals surface area contributed by atoms with Crippen molar-refractivity contribution in [3.05, 3.63) is 52.7 Å². The third-order valence-corrected chi connectivity index (χ3v) is 4.66. The molecule has 0 atom stereocenters. The van der Waals surface area contributed by atoms with Crippen molar-refractivity contribution in [2.45, 2.75) is 18.3 Å². The van der Waals surface area contributed by atoms with Crippen LogP contribution in [0.15, 0.2) is 47.2 Å². The summed E-state index contributed by atoms with van der Waals surface area (Å²) in [4.78, 5) is 11.8. The molecule has 116 valence electrons. The fourth-order valence-electron chi connectivity index (χ4n) is 2.45. The Morgan fingerprint density at radius 3 is 2.68 bits per heavy atom. The van der Waals surface area contributed by atoms with Gasteiger partial charge in [0.15, 0.2) is 0 Å². The summed E-state index contributed by atoms with van der Waals surface area (Å²) in [5.41, 5.74) is 1.53. The van der Waals surface area contributed by atoms with Gasteiger partial charge in [0.2, 0.25) is 0 Å². The fourth-order valence-corrected chi connectivity index (χ4v) is 3.23. The Hall–Kier alpha value is -2.01. The first-order valence-corrected chi connectivity index (χ1v) is 8.45. The highest BCUT2D eigenvalue weighted by Crippen LogP contribution is 2.48. The number of thiophene rings is 1. The van der Waals surface area contributed by atoms with Gasteiger partial charge in [-0.05, 0) is 47.4 Å². The molecule has 0 radical (unpaired) electrons. The molecule has 3 rings (SSSR count). The van der Waals surface area contributed by atoms with Gasteiger partial charge in [0, 0.05) is 12.0 Å². The summed E-state index contributed by atoms with van der Waals surface area (Å²) in [6.45, 7) is 1.66. The van der Waals surface area contributed by atoms with Crippen LogP contribution in [0.25, 0.3) is 0 Å². The number of carbonyl (C=O) groups excluding carboxylic acids is 1. The van der Waals surface area contributed by atoms with E-state index < -0.39 is 0 Å². The fraction of sp³-hybridized carbons (Fsp3) is 0.353. The summed E-state index contributed by atoms with van der Waals surface area (Å²) >= 11 is 1.71. The molecule has 2 N–H and O–H groups in total. The lowest BCUT2D eigenvalue weighted by Crippen LogP contribution is -2.41. The molecule has 1 aromatic heterocycles. The quantitative estimate of drug-likeness (QED) is 0.771. The third-order valence-electron chi connectivity index (χ3n) is 3.97. The van der Waals surface area contributed by atoms with Crippen LogP contribution in [0.3, 0.4) is 0 Å². The van der Waals surface area contributed by atoms with Crippen LogP contribution in [-0.2, 0) is 5.41 Å². The number of amides is 2. The molecule has 2 amide bonds. The van der Waals surface area contributed by atoms with E-state index in [1.807, 2.05) is 30.3 Å². The van der Waals surface area contributed by atoms with Gasteiger partial charge in [-0.1, -0.05) is 18.2 Å². The number of urea groups is 1. The van der Waals surface area contributed by atoms with Gasteiger partial charge < -0.3 is 15.4 Å². The summed E-state index contributed by atoms with van der Waals surface area (Å²) in [5, 5.41) is 10.1. The first kappa shape index (κ1) is 14.9. The number of benzene rings is 1. The van der Waals surface area contributed by atoms with Crippen LogP contribution in [0.4, 0.5) is 4.79 Å². The molecule has 1 fully saturated rings. The molecule has 0 spiro atoms.